The fourth-order valence-corrected chi connectivity index (χ4v) is 1.65. The molecule has 6 nitrogen and oxygen atoms in total. The van der Waals surface area contributed by atoms with Crippen molar-refractivity contribution in [1.29, 1.82) is 0 Å². The Kier molecular flexibility index (Phi) is 3.33. The van der Waals surface area contributed by atoms with Crippen molar-refractivity contribution < 1.29 is 14.7 Å². The Hall–Kier alpha value is -2.63. The fourth-order valence-electron chi connectivity index (χ4n) is 1.65. The van der Waals surface area contributed by atoms with Gasteiger partial charge < -0.3 is 10.4 Å². The van der Waals surface area contributed by atoms with Crippen LogP contribution in [0.4, 0.5) is 5.82 Å². The van der Waals surface area contributed by atoms with Crippen LogP contribution in [0, 0.1) is 13.8 Å². The number of amides is 1. The Bertz CT molecular complexity index is 646. The molecule has 0 aliphatic carbocycles. The molecule has 0 unspecified atom stereocenters. The highest BCUT2D eigenvalue weighted by Crippen LogP contribution is 2.16. The number of anilines is 1. The molecule has 1 heterocycles. The summed E-state index contributed by atoms with van der Waals surface area (Å²) in [6.45, 7) is 3.65. The van der Waals surface area contributed by atoms with Crippen LogP contribution < -0.4 is 5.32 Å². The number of aromatic amines is 1. The van der Waals surface area contributed by atoms with E-state index in [-0.39, 0.29) is 11.1 Å². The van der Waals surface area contributed by atoms with Gasteiger partial charge in [0.1, 0.15) is 0 Å². The molecule has 0 spiro atoms. The number of aryl methyl sites for hydroxylation is 1. The number of nitrogens with zero attached hydrogens (tertiary/aromatic N) is 1. The number of carboxylic acid groups (broad SMARTS) is 1. The SMILES string of the molecule is Cc1[nH]nc(NC(=O)c2ccccc2C(=O)O)c1C. The number of hydrogen-bond acceptors (Lipinski definition) is 3. The summed E-state index contributed by atoms with van der Waals surface area (Å²) in [6, 6.07) is 6.04. The second kappa shape index (κ2) is 4.93. The zero-order valence-corrected chi connectivity index (χ0v) is 10.5. The molecule has 0 fully saturated rings. The van der Waals surface area contributed by atoms with Gasteiger partial charge in [0.15, 0.2) is 5.82 Å². The van der Waals surface area contributed by atoms with Gasteiger partial charge in [0.25, 0.3) is 5.91 Å². The van der Waals surface area contributed by atoms with E-state index in [1.54, 1.807) is 12.1 Å². The molecule has 1 aromatic carbocycles. The Morgan fingerprint density at radius 2 is 1.84 bits per heavy atom. The summed E-state index contributed by atoms with van der Waals surface area (Å²) in [5, 5.41) is 18.3. The molecule has 0 aliphatic rings. The summed E-state index contributed by atoms with van der Waals surface area (Å²) in [7, 11) is 0. The first-order valence-electron chi connectivity index (χ1n) is 5.66. The zero-order chi connectivity index (χ0) is 14.0. The predicted molar refractivity (Wildman–Crippen MR) is 69.4 cm³/mol. The molecule has 1 amide bonds. The quantitative estimate of drug-likeness (QED) is 0.785. The van der Waals surface area contributed by atoms with Crippen molar-refractivity contribution >= 4 is 17.7 Å². The van der Waals surface area contributed by atoms with Crippen LogP contribution in [0.1, 0.15) is 32.0 Å². The maximum absolute atomic E-state index is 12.1. The van der Waals surface area contributed by atoms with Gasteiger partial charge in [0.05, 0.1) is 11.1 Å². The molecule has 0 bridgehead atoms. The summed E-state index contributed by atoms with van der Waals surface area (Å²) in [6.07, 6.45) is 0. The van der Waals surface area contributed by atoms with Crippen LogP contribution in [0.15, 0.2) is 24.3 Å². The smallest absolute Gasteiger partial charge is 0.336 e. The fraction of sp³-hybridized carbons (Fsp3) is 0.154. The number of hydrogen-bond donors (Lipinski definition) is 3. The summed E-state index contributed by atoms with van der Waals surface area (Å²) >= 11 is 0. The highest BCUT2D eigenvalue weighted by Gasteiger charge is 2.17. The van der Waals surface area contributed by atoms with E-state index in [2.05, 4.69) is 15.5 Å². The third-order valence-corrected chi connectivity index (χ3v) is 2.89. The lowest BCUT2D eigenvalue weighted by Gasteiger charge is -2.06. The highest BCUT2D eigenvalue weighted by atomic mass is 16.4. The molecular weight excluding hydrogens is 246 g/mol. The number of benzene rings is 1. The largest absolute Gasteiger partial charge is 0.478 e. The molecule has 2 aromatic rings. The van der Waals surface area contributed by atoms with Gasteiger partial charge in [0.2, 0.25) is 0 Å². The van der Waals surface area contributed by atoms with Gasteiger partial charge >= 0.3 is 5.97 Å². The number of carboxylic acids is 1. The first-order valence-corrected chi connectivity index (χ1v) is 5.66. The van der Waals surface area contributed by atoms with Crippen LogP contribution in [0.5, 0.6) is 0 Å². The van der Waals surface area contributed by atoms with E-state index in [0.717, 1.165) is 11.3 Å². The Labute approximate surface area is 109 Å². The summed E-state index contributed by atoms with van der Waals surface area (Å²) in [5.74, 6) is -1.23. The average Bonchev–Trinajstić information content (AvgIpc) is 2.70. The van der Waals surface area contributed by atoms with Crippen molar-refractivity contribution in [3.63, 3.8) is 0 Å². The minimum atomic E-state index is -1.14. The topological polar surface area (TPSA) is 95.1 Å². The Morgan fingerprint density at radius 1 is 1.21 bits per heavy atom. The molecule has 98 valence electrons. The van der Waals surface area contributed by atoms with Crippen LogP contribution in [0.2, 0.25) is 0 Å². The van der Waals surface area contributed by atoms with E-state index >= 15 is 0 Å². The molecule has 3 N–H and O–H groups in total. The lowest BCUT2D eigenvalue weighted by Crippen LogP contribution is -2.17. The maximum atomic E-state index is 12.1. The second-order valence-electron chi connectivity index (χ2n) is 4.13. The third-order valence-electron chi connectivity index (χ3n) is 2.89. The van der Waals surface area contributed by atoms with E-state index in [4.69, 9.17) is 5.11 Å². The number of nitrogens with one attached hydrogen (secondary N) is 2. The molecule has 6 heteroatoms. The van der Waals surface area contributed by atoms with Crippen molar-refractivity contribution in [2.45, 2.75) is 13.8 Å². The third kappa shape index (κ3) is 2.47. The Morgan fingerprint density at radius 3 is 2.37 bits per heavy atom. The van der Waals surface area contributed by atoms with Gasteiger partial charge in [0, 0.05) is 11.3 Å². The number of carbonyl (C=O) groups is 2. The van der Waals surface area contributed by atoms with Crippen LogP contribution >= 0.6 is 0 Å². The molecule has 0 radical (unpaired) electrons. The normalized spacial score (nSPS) is 10.2. The summed E-state index contributed by atoms with van der Waals surface area (Å²) in [5.41, 5.74) is 1.74. The summed E-state index contributed by atoms with van der Waals surface area (Å²) in [4.78, 5) is 23.1. The van der Waals surface area contributed by atoms with E-state index in [9.17, 15) is 9.59 Å². The van der Waals surface area contributed by atoms with E-state index < -0.39 is 11.9 Å². The number of aromatic carboxylic acids is 1. The first-order chi connectivity index (χ1) is 9.00. The predicted octanol–water partition coefficient (Wildman–Crippen LogP) is 1.98. The number of H-pyrrole nitrogens is 1. The average molecular weight is 259 g/mol. The maximum Gasteiger partial charge on any atom is 0.336 e. The van der Waals surface area contributed by atoms with Crippen LogP contribution in [0.3, 0.4) is 0 Å². The molecule has 0 aliphatic heterocycles. The van der Waals surface area contributed by atoms with Crippen molar-refractivity contribution in [1.82, 2.24) is 10.2 Å². The molecule has 0 atom stereocenters. The molecule has 0 saturated heterocycles. The number of aromatic nitrogens is 2. The monoisotopic (exact) mass is 259 g/mol. The van der Waals surface area contributed by atoms with Crippen LogP contribution in [0.25, 0.3) is 0 Å². The molecule has 19 heavy (non-hydrogen) atoms. The van der Waals surface area contributed by atoms with E-state index in [0.29, 0.717) is 5.82 Å². The van der Waals surface area contributed by atoms with Gasteiger partial charge in [-0.15, -0.1) is 0 Å². The highest BCUT2D eigenvalue weighted by molar-refractivity contribution is 6.10. The molecular formula is C13H13N3O3. The Balaban J connectivity index is 2.31. The van der Waals surface area contributed by atoms with Crippen LogP contribution in [-0.4, -0.2) is 27.2 Å². The van der Waals surface area contributed by atoms with Gasteiger partial charge in [-0.1, -0.05) is 12.1 Å². The van der Waals surface area contributed by atoms with Crippen molar-refractivity contribution in [2.75, 3.05) is 5.32 Å². The lowest BCUT2D eigenvalue weighted by atomic mass is 10.1. The van der Waals surface area contributed by atoms with Gasteiger partial charge in [-0.2, -0.15) is 5.10 Å². The molecule has 1 aromatic heterocycles. The lowest BCUT2D eigenvalue weighted by molar-refractivity contribution is 0.0692. The van der Waals surface area contributed by atoms with Gasteiger partial charge in [-0.05, 0) is 26.0 Å². The van der Waals surface area contributed by atoms with E-state index in [1.165, 1.54) is 12.1 Å². The van der Waals surface area contributed by atoms with Crippen LogP contribution in [-0.2, 0) is 0 Å². The van der Waals surface area contributed by atoms with Crippen molar-refractivity contribution in [3.05, 3.63) is 46.6 Å². The summed E-state index contributed by atoms with van der Waals surface area (Å²) < 4.78 is 0. The zero-order valence-electron chi connectivity index (χ0n) is 10.5. The number of rotatable bonds is 3. The standard InChI is InChI=1S/C13H13N3O3/c1-7-8(2)15-16-11(7)14-12(17)9-5-3-4-6-10(9)13(18)19/h3-6H,1-2H3,(H,18,19)(H2,14,15,16,17). The van der Waals surface area contributed by atoms with Crippen molar-refractivity contribution in [2.24, 2.45) is 0 Å². The first kappa shape index (κ1) is 12.8. The minimum Gasteiger partial charge on any atom is -0.478 e. The van der Waals surface area contributed by atoms with Gasteiger partial charge in [-0.25, -0.2) is 4.79 Å². The molecule has 2 rings (SSSR count). The molecule has 0 saturated carbocycles. The minimum absolute atomic E-state index is 0.0371. The van der Waals surface area contributed by atoms with Crippen molar-refractivity contribution in [3.8, 4) is 0 Å². The number of carbonyl (C=O) groups excluding carboxylic acids is 1. The van der Waals surface area contributed by atoms with Gasteiger partial charge in [-0.3, -0.25) is 9.89 Å². The van der Waals surface area contributed by atoms with E-state index in [1.807, 2.05) is 13.8 Å². The second-order valence-corrected chi connectivity index (χ2v) is 4.13.